The van der Waals surface area contributed by atoms with Crippen molar-refractivity contribution in [3.05, 3.63) is 24.0 Å². The number of aliphatic hydroxyl groups is 2. The highest BCUT2D eigenvalue weighted by Crippen LogP contribution is 2.26. The molecule has 1 aromatic rings. The first-order valence-corrected chi connectivity index (χ1v) is 7.98. The Morgan fingerprint density at radius 2 is 2.13 bits per heavy atom. The average molecular weight is 323 g/mol. The van der Waals surface area contributed by atoms with Crippen LogP contribution in [0.3, 0.4) is 0 Å². The second kappa shape index (κ2) is 8.24. The highest BCUT2D eigenvalue weighted by atomic mass is 16.3. The molecule has 1 aromatic heterocycles. The van der Waals surface area contributed by atoms with E-state index in [1.165, 1.54) is 12.3 Å². The van der Waals surface area contributed by atoms with Crippen molar-refractivity contribution in [1.82, 2.24) is 14.8 Å². The smallest absolute Gasteiger partial charge is 0.276 e. The lowest BCUT2D eigenvalue weighted by Gasteiger charge is -2.25. The molecule has 7 heteroatoms. The highest BCUT2D eigenvalue weighted by molar-refractivity contribution is 5.94. The van der Waals surface area contributed by atoms with E-state index in [2.05, 4.69) is 9.88 Å². The molecule has 23 heavy (non-hydrogen) atoms. The van der Waals surface area contributed by atoms with E-state index in [9.17, 15) is 15.0 Å². The Hall–Kier alpha value is -1.70. The second-order valence-electron chi connectivity index (χ2n) is 5.90. The van der Waals surface area contributed by atoms with E-state index in [0.717, 1.165) is 13.1 Å². The Kier molecular flexibility index (Phi) is 6.32. The largest absolute Gasteiger partial charge is 0.505 e. The predicted octanol–water partition coefficient (Wildman–Crippen LogP) is -0.218. The lowest BCUT2D eigenvalue weighted by Crippen LogP contribution is -2.36. The Balaban J connectivity index is 2.06. The summed E-state index contributed by atoms with van der Waals surface area (Å²) in [6, 6.07) is 3.01. The van der Waals surface area contributed by atoms with E-state index in [0.29, 0.717) is 19.6 Å². The zero-order valence-electron chi connectivity index (χ0n) is 13.4. The van der Waals surface area contributed by atoms with Crippen molar-refractivity contribution in [3.63, 3.8) is 0 Å². The van der Waals surface area contributed by atoms with Crippen molar-refractivity contribution in [3.8, 4) is 5.75 Å². The van der Waals surface area contributed by atoms with Crippen LogP contribution in [-0.4, -0.2) is 81.9 Å². The van der Waals surface area contributed by atoms with Crippen molar-refractivity contribution >= 4 is 5.91 Å². The average Bonchev–Trinajstić information content (AvgIpc) is 2.97. The van der Waals surface area contributed by atoms with Gasteiger partial charge >= 0.3 is 0 Å². The zero-order chi connectivity index (χ0) is 16.8. The lowest BCUT2D eigenvalue weighted by molar-refractivity contribution is 0.0769. The Morgan fingerprint density at radius 3 is 2.74 bits per heavy atom. The molecule has 0 radical (unpaired) electrons. The number of rotatable bonds is 7. The van der Waals surface area contributed by atoms with Gasteiger partial charge in [-0.2, -0.15) is 0 Å². The number of likely N-dealkylation sites (tertiary alicyclic amines) is 1. The molecule has 1 saturated heterocycles. The van der Waals surface area contributed by atoms with Gasteiger partial charge in [0, 0.05) is 44.9 Å². The molecular weight excluding hydrogens is 298 g/mol. The van der Waals surface area contributed by atoms with Crippen LogP contribution in [0.1, 0.15) is 17.4 Å². The van der Waals surface area contributed by atoms with E-state index in [-0.39, 0.29) is 42.4 Å². The number of aliphatic hydroxyl groups excluding tert-OH is 2. The Morgan fingerprint density at radius 1 is 1.39 bits per heavy atom. The molecular formula is C16H25N3O4. The summed E-state index contributed by atoms with van der Waals surface area (Å²) < 4.78 is 0. The zero-order valence-corrected chi connectivity index (χ0v) is 13.4. The van der Waals surface area contributed by atoms with Crippen LogP contribution in [0.4, 0.5) is 0 Å². The lowest BCUT2D eigenvalue weighted by atomic mass is 9.96. The fourth-order valence-electron chi connectivity index (χ4n) is 3.08. The minimum Gasteiger partial charge on any atom is -0.505 e. The quantitative estimate of drug-likeness (QED) is 0.642. The van der Waals surface area contributed by atoms with Crippen LogP contribution >= 0.6 is 0 Å². The van der Waals surface area contributed by atoms with Crippen molar-refractivity contribution in [2.45, 2.75) is 6.92 Å². The number of nitrogens with zero attached hydrogens (tertiary/aromatic N) is 3. The van der Waals surface area contributed by atoms with E-state index in [1.807, 2.05) is 6.92 Å². The van der Waals surface area contributed by atoms with Crippen LogP contribution in [-0.2, 0) is 0 Å². The standard InChI is InChI=1S/C16H25N3O4/c1-2-18(6-7-20)8-12-9-19(10-13(12)11-21)16(23)15-14(22)4-3-5-17-15/h3-5,12-13,20-22H,2,6-11H2,1H3/t12-,13-/m1/s1. The van der Waals surface area contributed by atoms with Crippen LogP contribution in [0.25, 0.3) is 0 Å². The molecule has 0 aliphatic carbocycles. The number of aromatic hydroxyl groups is 1. The van der Waals surface area contributed by atoms with Crippen molar-refractivity contribution in [2.75, 3.05) is 45.9 Å². The summed E-state index contributed by atoms with van der Waals surface area (Å²) in [5.41, 5.74) is 0.0487. The number of carbonyl (C=O) groups excluding carboxylic acids is 1. The van der Waals surface area contributed by atoms with Crippen LogP contribution < -0.4 is 0 Å². The summed E-state index contributed by atoms with van der Waals surface area (Å²) in [6.07, 6.45) is 1.48. The molecule has 0 spiro atoms. The third kappa shape index (κ3) is 4.19. The molecule has 1 amide bonds. The monoisotopic (exact) mass is 323 g/mol. The van der Waals surface area contributed by atoms with E-state index < -0.39 is 0 Å². The van der Waals surface area contributed by atoms with Crippen LogP contribution in [0.15, 0.2) is 18.3 Å². The minimum atomic E-state index is -0.311. The Labute approximate surface area is 136 Å². The number of amides is 1. The highest BCUT2D eigenvalue weighted by Gasteiger charge is 2.36. The number of aromatic nitrogens is 1. The molecule has 1 aliphatic rings. The molecule has 2 atom stereocenters. The first-order valence-electron chi connectivity index (χ1n) is 7.98. The molecule has 0 saturated carbocycles. The van der Waals surface area contributed by atoms with Crippen molar-refractivity contribution < 1.29 is 20.1 Å². The molecule has 1 fully saturated rings. The maximum Gasteiger partial charge on any atom is 0.276 e. The van der Waals surface area contributed by atoms with Gasteiger partial charge in [-0.25, -0.2) is 4.98 Å². The maximum absolute atomic E-state index is 12.5. The normalized spacial score (nSPS) is 21.1. The first-order chi connectivity index (χ1) is 11.1. The number of hydrogen-bond acceptors (Lipinski definition) is 6. The fourth-order valence-corrected chi connectivity index (χ4v) is 3.08. The third-order valence-corrected chi connectivity index (χ3v) is 4.44. The summed E-state index contributed by atoms with van der Waals surface area (Å²) >= 11 is 0. The molecule has 2 heterocycles. The molecule has 0 unspecified atom stereocenters. The number of carbonyl (C=O) groups is 1. The number of pyridine rings is 1. The summed E-state index contributed by atoms with van der Waals surface area (Å²) in [5, 5.41) is 28.5. The SMILES string of the molecule is CCN(CCO)C[C@@H]1CN(C(=O)c2ncccc2O)C[C@@H]1CO. The van der Waals surface area contributed by atoms with Gasteiger partial charge in [-0.3, -0.25) is 4.79 Å². The van der Waals surface area contributed by atoms with Gasteiger partial charge in [-0.15, -0.1) is 0 Å². The van der Waals surface area contributed by atoms with Crippen LogP contribution in [0.2, 0.25) is 0 Å². The predicted molar refractivity (Wildman–Crippen MR) is 85.1 cm³/mol. The molecule has 1 aliphatic heterocycles. The van der Waals surface area contributed by atoms with Crippen molar-refractivity contribution in [2.24, 2.45) is 11.8 Å². The maximum atomic E-state index is 12.5. The van der Waals surface area contributed by atoms with E-state index >= 15 is 0 Å². The van der Waals surface area contributed by atoms with Gasteiger partial charge < -0.3 is 25.1 Å². The molecule has 0 aromatic carbocycles. The van der Waals surface area contributed by atoms with Gasteiger partial charge in [0.25, 0.3) is 5.91 Å². The summed E-state index contributed by atoms with van der Waals surface area (Å²) in [7, 11) is 0. The topological polar surface area (TPSA) is 97.1 Å². The first kappa shape index (κ1) is 17.7. The minimum absolute atomic E-state index is 0.00227. The van der Waals surface area contributed by atoms with Crippen LogP contribution in [0, 0.1) is 11.8 Å². The van der Waals surface area contributed by atoms with Gasteiger partial charge in [0.2, 0.25) is 0 Å². The summed E-state index contributed by atoms with van der Waals surface area (Å²) in [4.78, 5) is 20.2. The number of hydrogen-bond donors (Lipinski definition) is 3. The van der Waals surface area contributed by atoms with Crippen LogP contribution in [0.5, 0.6) is 5.75 Å². The van der Waals surface area contributed by atoms with Gasteiger partial charge in [0.15, 0.2) is 5.69 Å². The molecule has 3 N–H and O–H groups in total. The second-order valence-corrected chi connectivity index (χ2v) is 5.90. The van der Waals surface area contributed by atoms with Crippen molar-refractivity contribution in [1.29, 1.82) is 0 Å². The van der Waals surface area contributed by atoms with Gasteiger partial charge in [0.05, 0.1) is 6.61 Å². The van der Waals surface area contributed by atoms with Gasteiger partial charge in [-0.05, 0) is 24.6 Å². The molecule has 128 valence electrons. The third-order valence-electron chi connectivity index (χ3n) is 4.44. The fraction of sp³-hybridized carbons (Fsp3) is 0.625. The van der Waals surface area contributed by atoms with E-state index in [4.69, 9.17) is 5.11 Å². The Bertz CT molecular complexity index is 526. The molecule has 0 bridgehead atoms. The number of likely N-dealkylation sites (N-methyl/N-ethyl adjacent to an activating group) is 1. The summed E-state index contributed by atoms with van der Waals surface area (Å²) in [5.74, 6) is -0.301. The van der Waals surface area contributed by atoms with Gasteiger partial charge in [-0.1, -0.05) is 6.92 Å². The molecule has 2 rings (SSSR count). The molecule has 7 nitrogen and oxygen atoms in total. The summed E-state index contributed by atoms with van der Waals surface area (Å²) in [6.45, 7) is 5.21. The van der Waals surface area contributed by atoms with E-state index in [1.54, 1.807) is 11.0 Å². The van der Waals surface area contributed by atoms with Gasteiger partial charge in [0.1, 0.15) is 5.75 Å².